The maximum atomic E-state index is 5.63. The van der Waals surface area contributed by atoms with E-state index in [1.165, 1.54) is 16.2 Å². The van der Waals surface area contributed by atoms with Gasteiger partial charge in [-0.25, -0.2) is 4.98 Å². The molecule has 0 aliphatic carbocycles. The van der Waals surface area contributed by atoms with Crippen LogP contribution in [0.25, 0.3) is 0 Å². The molecular formula is C5H5BrClNS. The minimum atomic E-state index is 0.627. The van der Waals surface area contributed by atoms with Crippen LogP contribution in [0.2, 0.25) is 4.47 Å². The number of alkyl halides is 1. The number of aryl methyl sites for hydroxylation is 1. The van der Waals surface area contributed by atoms with E-state index in [4.69, 9.17) is 11.6 Å². The van der Waals surface area contributed by atoms with Crippen molar-refractivity contribution in [1.82, 2.24) is 4.98 Å². The van der Waals surface area contributed by atoms with Gasteiger partial charge in [-0.15, -0.1) is 11.3 Å². The molecule has 0 N–H and O–H groups in total. The van der Waals surface area contributed by atoms with Crippen LogP contribution in [0.3, 0.4) is 0 Å². The van der Waals surface area contributed by atoms with Crippen LogP contribution in [0.5, 0.6) is 0 Å². The topological polar surface area (TPSA) is 12.9 Å². The van der Waals surface area contributed by atoms with Crippen molar-refractivity contribution in [3.05, 3.63) is 15.0 Å². The molecule has 0 saturated heterocycles. The fourth-order valence-corrected chi connectivity index (χ4v) is 2.31. The van der Waals surface area contributed by atoms with Gasteiger partial charge in [0.05, 0.1) is 5.69 Å². The van der Waals surface area contributed by atoms with Crippen molar-refractivity contribution < 1.29 is 0 Å². The smallest absolute Gasteiger partial charge is 0.184 e. The van der Waals surface area contributed by atoms with Gasteiger partial charge in [0.1, 0.15) is 0 Å². The van der Waals surface area contributed by atoms with Gasteiger partial charge in [0.2, 0.25) is 0 Å². The van der Waals surface area contributed by atoms with Crippen LogP contribution in [0, 0.1) is 6.92 Å². The summed E-state index contributed by atoms with van der Waals surface area (Å²) in [5.74, 6) is 0. The first-order valence-electron chi connectivity index (χ1n) is 2.42. The summed E-state index contributed by atoms with van der Waals surface area (Å²) < 4.78 is 0.627. The maximum Gasteiger partial charge on any atom is 0.184 e. The molecular weight excluding hydrogens is 221 g/mol. The molecule has 0 aromatic carbocycles. The van der Waals surface area contributed by atoms with Crippen LogP contribution in [-0.2, 0) is 5.33 Å². The molecule has 1 aromatic heterocycles. The van der Waals surface area contributed by atoms with Gasteiger partial charge >= 0.3 is 0 Å². The lowest BCUT2D eigenvalue weighted by molar-refractivity contribution is 1.22. The van der Waals surface area contributed by atoms with Crippen LogP contribution in [0.1, 0.15) is 10.6 Å². The quantitative estimate of drug-likeness (QED) is 0.671. The zero-order valence-corrected chi connectivity index (χ0v) is 7.98. The zero-order valence-electron chi connectivity index (χ0n) is 4.82. The van der Waals surface area contributed by atoms with Gasteiger partial charge in [-0.3, -0.25) is 0 Å². The zero-order chi connectivity index (χ0) is 6.85. The first kappa shape index (κ1) is 7.51. The molecule has 0 atom stereocenters. The Labute approximate surface area is 71.2 Å². The summed E-state index contributed by atoms with van der Waals surface area (Å²) in [6, 6.07) is 0. The summed E-state index contributed by atoms with van der Waals surface area (Å²) in [4.78, 5) is 5.24. The summed E-state index contributed by atoms with van der Waals surface area (Å²) >= 11 is 10.5. The first-order valence-corrected chi connectivity index (χ1v) is 4.73. The molecule has 0 bridgehead atoms. The van der Waals surface area contributed by atoms with Crippen molar-refractivity contribution in [3.63, 3.8) is 0 Å². The van der Waals surface area contributed by atoms with Crippen LogP contribution in [-0.4, -0.2) is 4.98 Å². The van der Waals surface area contributed by atoms with Gasteiger partial charge < -0.3 is 0 Å². The van der Waals surface area contributed by atoms with Crippen molar-refractivity contribution in [2.45, 2.75) is 12.3 Å². The second-order valence-electron chi connectivity index (χ2n) is 1.61. The number of thiazole rings is 1. The normalized spacial score (nSPS) is 10.1. The minimum absolute atomic E-state index is 0.627. The van der Waals surface area contributed by atoms with Crippen molar-refractivity contribution in [2.24, 2.45) is 0 Å². The molecule has 0 saturated carbocycles. The molecule has 0 radical (unpaired) electrons. The number of aromatic nitrogens is 1. The Morgan fingerprint density at radius 3 is 2.67 bits per heavy atom. The molecule has 0 aliphatic heterocycles. The highest BCUT2D eigenvalue weighted by Crippen LogP contribution is 2.23. The third-order valence-corrected chi connectivity index (χ3v) is 3.18. The van der Waals surface area contributed by atoms with Gasteiger partial charge in [-0.1, -0.05) is 27.5 Å². The second kappa shape index (κ2) is 2.99. The summed E-state index contributed by atoms with van der Waals surface area (Å²) in [6.45, 7) is 1.96. The Morgan fingerprint density at radius 1 is 1.78 bits per heavy atom. The van der Waals surface area contributed by atoms with Gasteiger partial charge in [0.25, 0.3) is 0 Å². The molecule has 0 amide bonds. The Morgan fingerprint density at radius 2 is 2.44 bits per heavy atom. The van der Waals surface area contributed by atoms with Crippen molar-refractivity contribution in [2.75, 3.05) is 0 Å². The summed E-state index contributed by atoms with van der Waals surface area (Å²) in [5.41, 5.74) is 1.03. The number of nitrogens with zero attached hydrogens (tertiary/aromatic N) is 1. The largest absolute Gasteiger partial charge is 0.230 e. The van der Waals surface area contributed by atoms with Gasteiger partial charge in [0.15, 0.2) is 4.47 Å². The van der Waals surface area contributed by atoms with E-state index < -0.39 is 0 Å². The first-order chi connectivity index (χ1) is 4.24. The number of hydrogen-bond acceptors (Lipinski definition) is 2. The summed E-state index contributed by atoms with van der Waals surface area (Å²) in [5, 5.41) is 0.850. The van der Waals surface area contributed by atoms with E-state index in [1.807, 2.05) is 6.92 Å². The van der Waals surface area contributed by atoms with Crippen molar-refractivity contribution in [3.8, 4) is 0 Å². The molecule has 9 heavy (non-hydrogen) atoms. The highest BCUT2D eigenvalue weighted by atomic mass is 79.9. The van der Waals surface area contributed by atoms with Crippen molar-refractivity contribution >= 4 is 38.9 Å². The minimum Gasteiger partial charge on any atom is -0.230 e. The van der Waals surface area contributed by atoms with E-state index in [0.29, 0.717) is 4.47 Å². The Hall–Kier alpha value is 0.400. The highest BCUT2D eigenvalue weighted by Gasteiger charge is 2.02. The monoisotopic (exact) mass is 225 g/mol. The number of hydrogen-bond donors (Lipinski definition) is 0. The average molecular weight is 227 g/mol. The van der Waals surface area contributed by atoms with E-state index in [-0.39, 0.29) is 0 Å². The fraction of sp³-hybridized carbons (Fsp3) is 0.400. The fourth-order valence-electron chi connectivity index (χ4n) is 0.517. The van der Waals surface area contributed by atoms with Gasteiger partial charge in [-0.05, 0) is 6.92 Å². The second-order valence-corrected chi connectivity index (χ2v) is 3.84. The summed E-state index contributed by atoms with van der Waals surface area (Å²) in [6.07, 6.45) is 0. The lowest BCUT2D eigenvalue weighted by Crippen LogP contribution is -1.74. The molecule has 0 unspecified atom stereocenters. The standard InChI is InChI=1S/C5H5BrClNS/c1-3-4(2-6)9-5(7)8-3/h2H2,1H3. The number of rotatable bonds is 1. The highest BCUT2D eigenvalue weighted by molar-refractivity contribution is 9.08. The molecule has 4 heteroatoms. The molecule has 1 heterocycles. The van der Waals surface area contributed by atoms with E-state index in [0.717, 1.165) is 11.0 Å². The Balaban J connectivity index is 3.01. The predicted molar refractivity (Wildman–Crippen MR) is 44.5 cm³/mol. The van der Waals surface area contributed by atoms with Crippen LogP contribution in [0.4, 0.5) is 0 Å². The predicted octanol–water partition coefficient (Wildman–Crippen LogP) is 3.00. The molecule has 0 spiro atoms. The SMILES string of the molecule is Cc1nc(Cl)sc1CBr. The van der Waals surface area contributed by atoms with E-state index >= 15 is 0 Å². The van der Waals surface area contributed by atoms with Crippen molar-refractivity contribution in [1.29, 1.82) is 0 Å². The Kier molecular flexibility index (Phi) is 2.50. The third-order valence-electron chi connectivity index (χ3n) is 0.988. The molecule has 1 aromatic rings. The van der Waals surface area contributed by atoms with Crippen LogP contribution >= 0.6 is 38.9 Å². The third kappa shape index (κ3) is 1.66. The maximum absolute atomic E-state index is 5.63. The lowest BCUT2D eigenvalue weighted by Gasteiger charge is -1.83. The molecule has 50 valence electrons. The van der Waals surface area contributed by atoms with Gasteiger partial charge in [-0.2, -0.15) is 0 Å². The van der Waals surface area contributed by atoms with E-state index in [1.54, 1.807) is 0 Å². The van der Waals surface area contributed by atoms with E-state index in [2.05, 4.69) is 20.9 Å². The van der Waals surface area contributed by atoms with Crippen LogP contribution < -0.4 is 0 Å². The Bertz CT molecular complexity index is 211. The number of halogens is 2. The average Bonchev–Trinajstić information content (AvgIpc) is 2.10. The summed E-state index contributed by atoms with van der Waals surface area (Å²) in [7, 11) is 0. The van der Waals surface area contributed by atoms with Crippen LogP contribution in [0.15, 0.2) is 0 Å². The lowest BCUT2D eigenvalue weighted by atomic mass is 10.4. The molecule has 1 rings (SSSR count). The molecule has 0 fully saturated rings. The molecule has 1 nitrogen and oxygen atoms in total. The molecule has 0 aliphatic rings. The van der Waals surface area contributed by atoms with E-state index in [9.17, 15) is 0 Å². The van der Waals surface area contributed by atoms with Gasteiger partial charge in [0, 0.05) is 10.2 Å².